The highest BCUT2D eigenvalue weighted by Gasteiger charge is 2.28. The van der Waals surface area contributed by atoms with Gasteiger partial charge in [0, 0.05) is 23.7 Å². The van der Waals surface area contributed by atoms with Crippen molar-refractivity contribution in [1.82, 2.24) is 14.8 Å². The van der Waals surface area contributed by atoms with Crippen LogP contribution in [-0.4, -0.2) is 21.3 Å². The Morgan fingerprint density at radius 1 is 1.29 bits per heavy atom. The van der Waals surface area contributed by atoms with Gasteiger partial charge in [-0.05, 0) is 18.9 Å². The number of aryl methyl sites for hydroxylation is 1. The van der Waals surface area contributed by atoms with Crippen molar-refractivity contribution in [3.8, 4) is 11.1 Å². The highest BCUT2D eigenvalue weighted by atomic mass is 32.1. The molecule has 1 aliphatic heterocycles. The van der Waals surface area contributed by atoms with E-state index in [1.54, 1.807) is 11.3 Å². The lowest BCUT2D eigenvalue weighted by Crippen LogP contribution is -2.24. The van der Waals surface area contributed by atoms with E-state index in [0.29, 0.717) is 0 Å². The second-order valence-electron chi connectivity index (χ2n) is 5.22. The van der Waals surface area contributed by atoms with Crippen molar-refractivity contribution in [1.29, 1.82) is 0 Å². The fraction of sp³-hybridized carbons (Fsp3) is 0.250. The minimum absolute atomic E-state index is 0.248. The predicted molar refractivity (Wildman–Crippen MR) is 85.8 cm³/mol. The molecule has 1 aromatic carbocycles. The van der Waals surface area contributed by atoms with Gasteiger partial charge in [-0.1, -0.05) is 30.3 Å². The summed E-state index contributed by atoms with van der Waals surface area (Å²) < 4.78 is 2.11. The SMILES string of the molecule is Cc1nn2c(c1-c1ccccc1)NCCC2c1nccs1. The molecule has 0 bridgehead atoms. The number of hydrogen-bond donors (Lipinski definition) is 1. The molecule has 1 unspecified atom stereocenters. The van der Waals surface area contributed by atoms with Gasteiger partial charge in [-0.2, -0.15) is 5.10 Å². The third-order valence-electron chi connectivity index (χ3n) is 3.89. The molecule has 0 saturated heterocycles. The van der Waals surface area contributed by atoms with Crippen LogP contribution in [0, 0.1) is 6.92 Å². The van der Waals surface area contributed by atoms with Crippen LogP contribution >= 0.6 is 11.3 Å². The second kappa shape index (κ2) is 5.00. The molecule has 2 aromatic heterocycles. The molecule has 0 aliphatic carbocycles. The molecule has 0 saturated carbocycles. The first-order chi connectivity index (χ1) is 10.3. The van der Waals surface area contributed by atoms with Gasteiger partial charge in [0.1, 0.15) is 16.9 Å². The minimum Gasteiger partial charge on any atom is -0.370 e. The third-order valence-corrected chi connectivity index (χ3v) is 4.77. The van der Waals surface area contributed by atoms with E-state index in [4.69, 9.17) is 5.10 Å². The first kappa shape index (κ1) is 12.6. The Labute approximate surface area is 127 Å². The molecule has 1 aliphatic rings. The van der Waals surface area contributed by atoms with Crippen LogP contribution in [0.15, 0.2) is 41.9 Å². The van der Waals surface area contributed by atoms with Gasteiger partial charge >= 0.3 is 0 Å². The number of nitrogens with one attached hydrogen (secondary N) is 1. The monoisotopic (exact) mass is 296 g/mol. The molecule has 0 radical (unpaired) electrons. The van der Waals surface area contributed by atoms with Crippen molar-refractivity contribution in [3.63, 3.8) is 0 Å². The van der Waals surface area contributed by atoms with Crippen molar-refractivity contribution in [2.24, 2.45) is 0 Å². The third kappa shape index (κ3) is 2.05. The van der Waals surface area contributed by atoms with Crippen LogP contribution in [0.2, 0.25) is 0 Å². The number of thiazole rings is 1. The summed E-state index contributed by atoms with van der Waals surface area (Å²) in [6.07, 6.45) is 2.89. The Morgan fingerprint density at radius 3 is 2.90 bits per heavy atom. The minimum atomic E-state index is 0.248. The van der Waals surface area contributed by atoms with Crippen LogP contribution < -0.4 is 5.32 Å². The molecule has 106 valence electrons. The highest BCUT2D eigenvalue weighted by Crippen LogP contribution is 2.38. The standard InChI is InChI=1S/C16H16N4S/c1-11-14(12-5-3-2-4-6-12)15-17-8-7-13(20(15)19-11)16-18-9-10-21-16/h2-6,9-10,13,17H,7-8H2,1H3. The van der Waals surface area contributed by atoms with Gasteiger partial charge in [-0.25, -0.2) is 9.67 Å². The fourth-order valence-corrected chi connectivity index (χ4v) is 3.73. The summed E-state index contributed by atoms with van der Waals surface area (Å²) in [7, 11) is 0. The molecule has 3 aromatic rings. The molecule has 0 spiro atoms. The van der Waals surface area contributed by atoms with Gasteiger partial charge in [-0.15, -0.1) is 11.3 Å². The van der Waals surface area contributed by atoms with E-state index in [9.17, 15) is 0 Å². The number of rotatable bonds is 2. The van der Waals surface area contributed by atoms with E-state index >= 15 is 0 Å². The maximum atomic E-state index is 4.79. The number of fused-ring (bicyclic) bond motifs is 1. The number of anilines is 1. The first-order valence-corrected chi connectivity index (χ1v) is 8.00. The summed E-state index contributed by atoms with van der Waals surface area (Å²) in [6.45, 7) is 3.03. The van der Waals surface area contributed by atoms with Crippen molar-refractivity contribution in [2.75, 3.05) is 11.9 Å². The number of nitrogens with zero attached hydrogens (tertiary/aromatic N) is 3. The summed E-state index contributed by atoms with van der Waals surface area (Å²) in [6, 6.07) is 10.7. The van der Waals surface area contributed by atoms with Crippen molar-refractivity contribution in [2.45, 2.75) is 19.4 Å². The first-order valence-electron chi connectivity index (χ1n) is 7.12. The average Bonchev–Trinajstić information content (AvgIpc) is 3.14. The van der Waals surface area contributed by atoms with Crippen molar-refractivity contribution in [3.05, 3.63) is 52.6 Å². The van der Waals surface area contributed by atoms with E-state index in [-0.39, 0.29) is 6.04 Å². The Morgan fingerprint density at radius 2 is 2.14 bits per heavy atom. The topological polar surface area (TPSA) is 42.7 Å². The molecule has 4 rings (SSSR count). The smallest absolute Gasteiger partial charge is 0.133 e. The summed E-state index contributed by atoms with van der Waals surface area (Å²) in [5, 5.41) is 11.5. The predicted octanol–water partition coefficient (Wildman–Crippen LogP) is 3.72. The van der Waals surface area contributed by atoms with Crippen LogP contribution in [0.5, 0.6) is 0 Å². The van der Waals surface area contributed by atoms with Crippen molar-refractivity contribution >= 4 is 17.2 Å². The molecule has 1 N–H and O–H groups in total. The van der Waals surface area contributed by atoms with E-state index < -0.39 is 0 Å². The lowest BCUT2D eigenvalue weighted by atomic mass is 10.0. The number of aromatic nitrogens is 3. The lowest BCUT2D eigenvalue weighted by molar-refractivity contribution is 0.478. The van der Waals surface area contributed by atoms with Crippen LogP contribution in [0.25, 0.3) is 11.1 Å². The Kier molecular flexibility index (Phi) is 3.00. The Hall–Kier alpha value is -2.14. The van der Waals surface area contributed by atoms with E-state index in [1.807, 2.05) is 17.6 Å². The Balaban J connectivity index is 1.86. The second-order valence-corrected chi connectivity index (χ2v) is 6.15. The zero-order chi connectivity index (χ0) is 14.2. The quantitative estimate of drug-likeness (QED) is 0.783. The maximum Gasteiger partial charge on any atom is 0.133 e. The van der Waals surface area contributed by atoms with Crippen LogP contribution in [0.1, 0.15) is 23.2 Å². The van der Waals surface area contributed by atoms with E-state index in [2.05, 4.69) is 46.2 Å². The average molecular weight is 296 g/mol. The number of benzene rings is 1. The van der Waals surface area contributed by atoms with E-state index in [0.717, 1.165) is 29.5 Å². The molecule has 4 nitrogen and oxygen atoms in total. The largest absolute Gasteiger partial charge is 0.370 e. The molecule has 0 amide bonds. The molecule has 5 heteroatoms. The van der Waals surface area contributed by atoms with Gasteiger partial charge in [0.05, 0.1) is 5.69 Å². The van der Waals surface area contributed by atoms with Gasteiger partial charge < -0.3 is 5.32 Å². The van der Waals surface area contributed by atoms with Gasteiger partial charge in [0.25, 0.3) is 0 Å². The highest BCUT2D eigenvalue weighted by molar-refractivity contribution is 7.09. The van der Waals surface area contributed by atoms with Crippen molar-refractivity contribution < 1.29 is 0 Å². The summed E-state index contributed by atoms with van der Waals surface area (Å²) in [5.74, 6) is 1.12. The van der Waals surface area contributed by atoms with E-state index in [1.165, 1.54) is 11.1 Å². The molecule has 21 heavy (non-hydrogen) atoms. The molecule has 1 atom stereocenters. The maximum absolute atomic E-state index is 4.79. The van der Waals surface area contributed by atoms with Crippen LogP contribution in [0.3, 0.4) is 0 Å². The number of hydrogen-bond acceptors (Lipinski definition) is 4. The van der Waals surface area contributed by atoms with Gasteiger partial charge in [0.15, 0.2) is 0 Å². The normalized spacial score (nSPS) is 17.3. The lowest BCUT2D eigenvalue weighted by Gasteiger charge is -2.24. The summed E-state index contributed by atoms with van der Waals surface area (Å²) >= 11 is 1.70. The summed E-state index contributed by atoms with van der Waals surface area (Å²) in [4.78, 5) is 4.48. The molecule has 3 heterocycles. The molecule has 0 fully saturated rings. The van der Waals surface area contributed by atoms with Crippen LogP contribution in [-0.2, 0) is 0 Å². The fourth-order valence-electron chi connectivity index (χ4n) is 2.97. The summed E-state index contributed by atoms with van der Waals surface area (Å²) in [5.41, 5.74) is 3.48. The zero-order valence-corrected chi connectivity index (χ0v) is 12.6. The zero-order valence-electron chi connectivity index (χ0n) is 11.8. The molecular formula is C16H16N4S. The Bertz CT molecular complexity index is 746. The van der Waals surface area contributed by atoms with Gasteiger partial charge in [-0.3, -0.25) is 0 Å². The van der Waals surface area contributed by atoms with Crippen LogP contribution in [0.4, 0.5) is 5.82 Å². The molecular weight excluding hydrogens is 280 g/mol. The van der Waals surface area contributed by atoms with Gasteiger partial charge in [0.2, 0.25) is 0 Å².